The average molecular weight is 1520 g/mol. The molecular weight excluding hydrogens is 1390 g/mol. The van der Waals surface area contributed by atoms with E-state index in [1.54, 1.807) is 67.5 Å². The molecule has 28 nitrogen and oxygen atoms in total. The fourth-order valence-electron chi connectivity index (χ4n) is 13.7. The molecule has 15 atom stereocenters. The normalized spacial score (nSPS) is 16.5. The van der Waals surface area contributed by atoms with E-state index in [0.29, 0.717) is 0 Å². The topological polar surface area (TPSA) is 364 Å². The van der Waals surface area contributed by atoms with Crippen molar-refractivity contribution in [2.24, 2.45) is 35.5 Å². The quantitative estimate of drug-likeness (QED) is 0.0338. The van der Waals surface area contributed by atoms with E-state index in [1.807, 2.05) is 104 Å². The lowest BCUT2D eigenvalue weighted by Gasteiger charge is -2.40. The van der Waals surface area contributed by atoms with Crippen molar-refractivity contribution >= 4 is 71.1 Å². The van der Waals surface area contributed by atoms with Crippen LogP contribution in [0, 0.1) is 35.5 Å². The van der Waals surface area contributed by atoms with Crippen LogP contribution in [0.5, 0.6) is 0 Å². The molecule has 1 aliphatic carbocycles. The van der Waals surface area contributed by atoms with Gasteiger partial charge >= 0.3 is 12.1 Å². The first kappa shape index (κ1) is 93.7. The molecule has 2 aromatic rings. The van der Waals surface area contributed by atoms with Gasteiger partial charge in [0.1, 0.15) is 67.0 Å². The molecule has 108 heavy (non-hydrogen) atoms. The molecule has 0 saturated heterocycles. The predicted molar refractivity (Wildman–Crippen MR) is 413 cm³/mol. The average Bonchev–Trinajstić information content (AvgIpc) is 1.60. The Morgan fingerprint density at radius 1 is 0.481 bits per heavy atom. The van der Waals surface area contributed by atoms with Crippen molar-refractivity contribution in [1.29, 1.82) is 0 Å². The lowest BCUT2D eigenvalue weighted by atomic mass is 9.91. The van der Waals surface area contributed by atoms with E-state index in [-0.39, 0.29) is 68.3 Å². The number of rotatable bonds is 40. The summed E-state index contributed by atoms with van der Waals surface area (Å²) in [6.45, 7) is 33.9. The first-order chi connectivity index (χ1) is 50.0. The summed E-state index contributed by atoms with van der Waals surface area (Å²) in [5.74, 6) is -11.4. The number of nitrogens with one attached hydrogen (secondary N) is 5. The third-order valence-electron chi connectivity index (χ3n) is 19.7. The monoisotopic (exact) mass is 1520 g/mol. The Morgan fingerprint density at radius 2 is 0.898 bits per heavy atom. The van der Waals surface area contributed by atoms with Gasteiger partial charge in [-0.05, 0) is 152 Å². The number of carboxylic acids is 1. The Kier molecular flexibility index (Phi) is 36.3. The molecule has 0 heterocycles. The highest BCUT2D eigenvalue weighted by atomic mass is 16.6. The predicted octanol–water partition coefficient (Wildman–Crippen LogP) is 6.33. The molecule has 0 saturated carbocycles. The number of amides is 11. The van der Waals surface area contributed by atoms with Crippen molar-refractivity contribution in [2.75, 3.05) is 48.9 Å². The molecule has 28 heteroatoms. The van der Waals surface area contributed by atoms with Crippen LogP contribution >= 0.6 is 0 Å². The largest absolute Gasteiger partial charge is 0.480 e. The SMILES string of the molecule is C/C=C/C[C@@H](C)[C@@H](O)[C@@H](C(=O)N[C@H](C(=O)O)[C@@H](C)O)N(C)C(=O)[C@H](C(C)C)N(C)C(=O)[C@H](CC(C)C)NC(=O)[C@H](CC(C)C)N(C)C(=O)[C@@H](C)NC(=O)[C@H](C)NC(=O)[C@H](CC(C)C)N(C)C(=O)[C@H](CC(C)C)NC(=O)[C@H](C(C)OC(C)(C)C)N(C)C(=O)[C@@H](C)N(C)C(=O)OCC1c2ccccc2-c2ccccc21. The highest BCUT2D eigenvalue weighted by Gasteiger charge is 2.46. The molecular formula is C80H129N11O17. The Balaban J connectivity index is 1.87. The second-order valence-corrected chi connectivity index (χ2v) is 32.3. The number of carboxylic acid groups (broad SMARTS) is 1. The number of carbonyl (C=O) groups excluding carboxylic acids is 11. The number of nitrogens with zero attached hydrogens (tertiary/aromatic N) is 6. The molecule has 0 radical (unpaired) electrons. The van der Waals surface area contributed by atoms with E-state index in [1.165, 1.54) is 77.8 Å². The van der Waals surface area contributed by atoms with Crippen LogP contribution in [0.15, 0.2) is 60.7 Å². The van der Waals surface area contributed by atoms with Crippen molar-refractivity contribution in [3.05, 3.63) is 71.8 Å². The Labute approximate surface area is 640 Å². The smallest absolute Gasteiger partial charge is 0.410 e. The number of allylic oxidation sites excluding steroid dienone is 2. The number of hydrogen-bond donors (Lipinski definition) is 8. The highest BCUT2D eigenvalue weighted by Crippen LogP contribution is 2.44. The number of fused-ring (bicyclic) bond motifs is 3. The lowest BCUT2D eigenvalue weighted by molar-refractivity contribution is -0.155. The summed E-state index contributed by atoms with van der Waals surface area (Å²) < 4.78 is 12.2. The first-order valence-corrected chi connectivity index (χ1v) is 37.9. The molecule has 0 bridgehead atoms. The first-order valence-electron chi connectivity index (χ1n) is 37.9. The van der Waals surface area contributed by atoms with E-state index < -0.39 is 173 Å². The van der Waals surface area contributed by atoms with Crippen LogP contribution in [0.1, 0.15) is 188 Å². The zero-order valence-corrected chi connectivity index (χ0v) is 68.9. The molecule has 1 unspecified atom stereocenters. The maximum absolute atomic E-state index is 15.0. The molecule has 11 amide bonds. The summed E-state index contributed by atoms with van der Waals surface area (Å²) in [6, 6.07) is 0.952. The van der Waals surface area contributed by atoms with E-state index in [2.05, 4.69) is 26.6 Å². The van der Waals surface area contributed by atoms with Crippen molar-refractivity contribution in [3.63, 3.8) is 0 Å². The van der Waals surface area contributed by atoms with E-state index >= 15 is 0 Å². The molecule has 3 rings (SSSR count). The molecule has 0 aliphatic heterocycles. The molecule has 606 valence electrons. The van der Waals surface area contributed by atoms with Gasteiger partial charge < -0.3 is 75.9 Å². The Bertz CT molecular complexity index is 3400. The Morgan fingerprint density at radius 3 is 1.34 bits per heavy atom. The van der Waals surface area contributed by atoms with Gasteiger partial charge in [0.05, 0.1) is 23.9 Å². The number of aliphatic carboxylic acids is 1. The number of aliphatic hydroxyl groups excluding tert-OH is 2. The third kappa shape index (κ3) is 25.8. The van der Waals surface area contributed by atoms with Gasteiger partial charge in [-0.2, -0.15) is 0 Å². The summed E-state index contributed by atoms with van der Waals surface area (Å²) in [7, 11) is 8.28. The van der Waals surface area contributed by atoms with Crippen LogP contribution in [-0.4, -0.2) is 255 Å². The molecule has 0 spiro atoms. The summed E-state index contributed by atoms with van der Waals surface area (Å²) in [6.07, 6.45) is -0.728. The number of aliphatic hydroxyl groups is 2. The van der Waals surface area contributed by atoms with Gasteiger partial charge in [-0.3, -0.25) is 52.8 Å². The summed E-state index contributed by atoms with van der Waals surface area (Å²) in [5.41, 5.74) is 3.31. The number of ether oxygens (including phenoxy) is 2. The zero-order chi connectivity index (χ0) is 82.6. The maximum atomic E-state index is 15.0. The van der Waals surface area contributed by atoms with Crippen molar-refractivity contribution in [2.45, 2.75) is 267 Å². The van der Waals surface area contributed by atoms with Crippen LogP contribution in [0.2, 0.25) is 0 Å². The van der Waals surface area contributed by atoms with Gasteiger partial charge in [0.25, 0.3) is 0 Å². The maximum Gasteiger partial charge on any atom is 0.410 e. The minimum absolute atomic E-state index is 0.00827. The van der Waals surface area contributed by atoms with E-state index in [4.69, 9.17) is 9.47 Å². The minimum atomic E-state index is -1.79. The third-order valence-corrected chi connectivity index (χ3v) is 19.7. The number of likely N-dealkylation sites (N-methyl/N-ethyl adjacent to an activating group) is 6. The highest BCUT2D eigenvalue weighted by molar-refractivity contribution is 5.99. The van der Waals surface area contributed by atoms with Crippen molar-refractivity contribution in [3.8, 4) is 11.1 Å². The fourth-order valence-corrected chi connectivity index (χ4v) is 13.7. The Hall–Kier alpha value is -8.50. The lowest BCUT2D eigenvalue weighted by Crippen LogP contribution is -2.63. The van der Waals surface area contributed by atoms with Gasteiger partial charge in [0.2, 0.25) is 59.1 Å². The van der Waals surface area contributed by atoms with Crippen LogP contribution in [0.3, 0.4) is 0 Å². The number of hydrogen-bond acceptors (Lipinski definition) is 16. The summed E-state index contributed by atoms with van der Waals surface area (Å²) >= 11 is 0. The molecule has 2 aromatic carbocycles. The summed E-state index contributed by atoms with van der Waals surface area (Å²) in [5, 5.41) is 45.1. The second kappa shape index (κ2) is 41.9. The van der Waals surface area contributed by atoms with Gasteiger partial charge in [-0.1, -0.05) is 137 Å². The van der Waals surface area contributed by atoms with Crippen molar-refractivity contribution < 1.29 is 82.3 Å². The van der Waals surface area contributed by atoms with Gasteiger partial charge in [-0.25, -0.2) is 9.59 Å². The fraction of sp³-hybridized carbons (Fsp3) is 0.675. The zero-order valence-electron chi connectivity index (χ0n) is 68.9. The van der Waals surface area contributed by atoms with E-state index in [9.17, 15) is 72.9 Å². The summed E-state index contributed by atoms with van der Waals surface area (Å²) in [4.78, 5) is 179. The van der Waals surface area contributed by atoms with Crippen LogP contribution in [0.25, 0.3) is 11.1 Å². The van der Waals surface area contributed by atoms with E-state index in [0.717, 1.165) is 43.9 Å². The standard InChI is InChI=1S/C80H129N11O17/c1-27-28-33-48(12)67(93)66(72(98)85-63(52(16)92)78(104)105)91(26)77(103)64(47(10)11)89(24)76(102)60(39-44(4)5)83-70(96)62(41-46(8)9)87(22)73(99)50(14)82-68(94)49(13)81-69(95)61(40-45(6)7)88(23)75(101)59(38-43(2)3)84-71(97)65(53(17)108-80(18,19)20)90(25)74(100)51(15)86(21)79(106)107-42-58-56-36-31-29-34-54(56)55-35-30-32-37-57(55)58/h27-32,34-37,43-53,58-67,92-93H,33,38-42H2,1-26H3,(H,81,95)(H,82,94)(H,83,96)(H,84,97)(H,85,98)(H,104,105)/b28-27+/t48-,49+,50-,51-,52-,53?,59+,60+,61+,62+,63+,64+,65+,66+,67-/m1/s1. The van der Waals surface area contributed by atoms with Crippen LogP contribution in [0.4, 0.5) is 4.79 Å². The molecule has 1 aliphatic rings. The second-order valence-electron chi connectivity index (χ2n) is 32.3. The number of carbonyl (C=O) groups is 12. The molecule has 0 fully saturated rings. The molecule has 8 N–H and O–H groups in total. The molecule has 0 aromatic heterocycles. The van der Waals surface area contributed by atoms with Crippen LogP contribution < -0.4 is 26.6 Å². The van der Waals surface area contributed by atoms with Crippen molar-refractivity contribution in [1.82, 2.24) is 56.0 Å². The van der Waals surface area contributed by atoms with Gasteiger partial charge in [0, 0.05) is 48.2 Å². The van der Waals surface area contributed by atoms with Gasteiger partial charge in [0.15, 0.2) is 6.04 Å². The van der Waals surface area contributed by atoms with Crippen LogP contribution in [-0.2, 0) is 62.2 Å². The van der Waals surface area contributed by atoms with Gasteiger partial charge in [-0.15, -0.1) is 0 Å². The minimum Gasteiger partial charge on any atom is -0.480 e. The number of benzene rings is 2.